The van der Waals surface area contributed by atoms with Gasteiger partial charge in [-0.2, -0.15) is 0 Å². The highest BCUT2D eigenvalue weighted by molar-refractivity contribution is 6.30. The number of halogens is 1. The highest BCUT2D eigenvalue weighted by Gasteiger charge is 2.15. The molecule has 5 nitrogen and oxygen atoms in total. The Morgan fingerprint density at radius 2 is 1.80 bits per heavy atom. The summed E-state index contributed by atoms with van der Waals surface area (Å²) in [5, 5.41) is 12.8. The molecular weight excluding hydrogens is 334 g/mol. The summed E-state index contributed by atoms with van der Waals surface area (Å²) in [7, 11) is 0. The lowest BCUT2D eigenvalue weighted by Crippen LogP contribution is -2.34. The number of nitrogens with one attached hydrogen (secondary N) is 1. The summed E-state index contributed by atoms with van der Waals surface area (Å²) in [6, 6.07) is 7.54. The molecule has 0 spiro atoms. The van der Waals surface area contributed by atoms with Gasteiger partial charge in [-0.25, -0.2) is 4.98 Å². The van der Waals surface area contributed by atoms with Gasteiger partial charge in [0.05, 0.1) is 5.69 Å². The van der Waals surface area contributed by atoms with Gasteiger partial charge in [-0.15, -0.1) is 10.2 Å². The van der Waals surface area contributed by atoms with Crippen molar-refractivity contribution in [2.75, 3.05) is 31.5 Å². The fourth-order valence-electron chi connectivity index (χ4n) is 3.10. The zero-order valence-electron chi connectivity index (χ0n) is 15.0. The first-order chi connectivity index (χ1) is 12.1. The van der Waals surface area contributed by atoms with Gasteiger partial charge in [0.25, 0.3) is 0 Å². The van der Waals surface area contributed by atoms with Gasteiger partial charge in [0.15, 0.2) is 11.6 Å². The zero-order chi connectivity index (χ0) is 17.6. The van der Waals surface area contributed by atoms with Gasteiger partial charge in [0, 0.05) is 23.7 Å². The van der Waals surface area contributed by atoms with Crippen molar-refractivity contribution in [3.63, 3.8) is 0 Å². The third kappa shape index (κ3) is 4.89. The minimum Gasteiger partial charge on any atom is -0.366 e. The van der Waals surface area contributed by atoms with Crippen molar-refractivity contribution in [1.29, 1.82) is 0 Å². The van der Waals surface area contributed by atoms with Crippen LogP contribution < -0.4 is 5.32 Å². The molecule has 0 bridgehead atoms. The number of aromatic nitrogens is 3. The van der Waals surface area contributed by atoms with Crippen molar-refractivity contribution in [3.05, 3.63) is 35.0 Å². The number of hydrogen-bond acceptors (Lipinski definition) is 5. The first-order valence-corrected chi connectivity index (χ1v) is 9.48. The van der Waals surface area contributed by atoms with Crippen molar-refractivity contribution in [1.82, 2.24) is 20.1 Å². The maximum atomic E-state index is 5.96. The van der Waals surface area contributed by atoms with Crippen LogP contribution in [0.2, 0.25) is 5.02 Å². The molecule has 0 aliphatic carbocycles. The minimum absolute atomic E-state index is 0.277. The van der Waals surface area contributed by atoms with Gasteiger partial charge in [-0.05, 0) is 56.1 Å². The van der Waals surface area contributed by atoms with Crippen LogP contribution in [0.25, 0.3) is 11.4 Å². The number of hydrogen-bond donors (Lipinski definition) is 1. The Labute approximate surface area is 154 Å². The number of nitrogens with zero attached hydrogens (tertiary/aromatic N) is 4. The molecule has 1 saturated heterocycles. The molecule has 0 amide bonds. The van der Waals surface area contributed by atoms with E-state index in [9.17, 15) is 0 Å². The van der Waals surface area contributed by atoms with Crippen molar-refractivity contribution in [3.8, 4) is 11.4 Å². The minimum atomic E-state index is 0.277. The lowest BCUT2D eigenvalue weighted by molar-refractivity contribution is 0.237. The van der Waals surface area contributed by atoms with E-state index in [1.807, 2.05) is 24.3 Å². The van der Waals surface area contributed by atoms with Crippen LogP contribution in [0.1, 0.15) is 44.7 Å². The largest absolute Gasteiger partial charge is 0.366 e. The Balaban J connectivity index is 1.69. The molecule has 25 heavy (non-hydrogen) atoms. The second-order valence-corrected chi connectivity index (χ2v) is 7.30. The summed E-state index contributed by atoms with van der Waals surface area (Å²) in [6.07, 6.45) is 3.99. The van der Waals surface area contributed by atoms with Gasteiger partial charge in [-0.3, -0.25) is 0 Å². The number of piperidine rings is 1. The Morgan fingerprint density at radius 1 is 1.08 bits per heavy atom. The summed E-state index contributed by atoms with van der Waals surface area (Å²) in [5.41, 5.74) is 1.89. The van der Waals surface area contributed by atoms with E-state index in [0.29, 0.717) is 10.8 Å². The molecule has 0 atom stereocenters. The normalized spacial score (nSPS) is 15.5. The second-order valence-electron chi connectivity index (χ2n) is 6.86. The maximum absolute atomic E-state index is 5.96. The van der Waals surface area contributed by atoms with Gasteiger partial charge in [0.2, 0.25) is 0 Å². The molecule has 2 heterocycles. The molecule has 0 saturated carbocycles. The highest BCUT2D eigenvalue weighted by atomic mass is 35.5. The summed E-state index contributed by atoms with van der Waals surface area (Å²) in [6.45, 7) is 8.59. The van der Waals surface area contributed by atoms with E-state index < -0.39 is 0 Å². The van der Waals surface area contributed by atoms with E-state index in [1.54, 1.807) is 0 Å². The van der Waals surface area contributed by atoms with Crippen molar-refractivity contribution in [2.45, 2.75) is 39.0 Å². The number of benzene rings is 1. The molecule has 2 aromatic rings. The topological polar surface area (TPSA) is 53.9 Å². The molecule has 3 rings (SSSR count). The molecular formula is C19H26ClN5. The quantitative estimate of drug-likeness (QED) is 0.837. The van der Waals surface area contributed by atoms with Crippen molar-refractivity contribution < 1.29 is 0 Å². The predicted molar refractivity (Wildman–Crippen MR) is 103 cm³/mol. The standard InChI is InChI=1S/C19H26ClN5/c1-14(2)17-19(21-10-13-25-11-4-3-5-12-25)24-23-18(22-17)15-6-8-16(20)9-7-15/h6-9,14H,3-5,10-13H2,1-2H3,(H,21,24). The third-order valence-electron chi connectivity index (χ3n) is 4.53. The first kappa shape index (κ1) is 18.1. The van der Waals surface area contributed by atoms with Crippen LogP contribution in [-0.4, -0.2) is 46.3 Å². The van der Waals surface area contributed by atoms with Crippen LogP contribution in [0, 0.1) is 0 Å². The van der Waals surface area contributed by atoms with Gasteiger partial charge in [0.1, 0.15) is 0 Å². The zero-order valence-corrected chi connectivity index (χ0v) is 15.8. The lowest BCUT2D eigenvalue weighted by Gasteiger charge is -2.26. The van der Waals surface area contributed by atoms with E-state index in [-0.39, 0.29) is 5.92 Å². The molecule has 134 valence electrons. The third-order valence-corrected chi connectivity index (χ3v) is 4.78. The molecule has 6 heteroatoms. The number of rotatable bonds is 6. The lowest BCUT2D eigenvalue weighted by atomic mass is 10.1. The number of likely N-dealkylation sites (tertiary alicyclic amines) is 1. The molecule has 0 radical (unpaired) electrons. The van der Waals surface area contributed by atoms with Gasteiger partial charge >= 0.3 is 0 Å². The number of anilines is 1. The molecule has 1 aromatic heterocycles. The summed E-state index contributed by atoms with van der Waals surface area (Å²) >= 11 is 5.96. The Bertz CT molecular complexity index is 681. The molecule has 1 fully saturated rings. The maximum Gasteiger partial charge on any atom is 0.182 e. The van der Waals surface area contributed by atoms with E-state index in [1.165, 1.54) is 32.4 Å². The SMILES string of the molecule is CC(C)c1nc(-c2ccc(Cl)cc2)nnc1NCCN1CCCCC1. The molecule has 0 unspecified atom stereocenters. The van der Waals surface area contributed by atoms with Crippen LogP contribution in [0.15, 0.2) is 24.3 Å². The fraction of sp³-hybridized carbons (Fsp3) is 0.526. The van der Waals surface area contributed by atoms with Crippen molar-refractivity contribution in [2.24, 2.45) is 0 Å². The van der Waals surface area contributed by atoms with E-state index in [4.69, 9.17) is 16.6 Å². The monoisotopic (exact) mass is 359 g/mol. The summed E-state index contributed by atoms with van der Waals surface area (Å²) in [5.74, 6) is 1.71. The molecule has 1 N–H and O–H groups in total. The molecule has 1 aliphatic rings. The second kappa shape index (κ2) is 8.59. The van der Waals surface area contributed by atoms with Crippen LogP contribution >= 0.6 is 11.6 Å². The smallest absolute Gasteiger partial charge is 0.182 e. The summed E-state index contributed by atoms with van der Waals surface area (Å²) in [4.78, 5) is 7.25. The average Bonchev–Trinajstić information content (AvgIpc) is 2.63. The van der Waals surface area contributed by atoms with Gasteiger partial charge < -0.3 is 10.2 Å². The first-order valence-electron chi connectivity index (χ1n) is 9.10. The molecule has 1 aromatic carbocycles. The van der Waals surface area contributed by atoms with E-state index in [2.05, 4.69) is 34.3 Å². The molecule has 1 aliphatic heterocycles. The highest BCUT2D eigenvalue weighted by Crippen LogP contribution is 2.23. The Hall–Kier alpha value is -1.72. The van der Waals surface area contributed by atoms with Crippen LogP contribution in [0.5, 0.6) is 0 Å². The van der Waals surface area contributed by atoms with E-state index in [0.717, 1.165) is 30.2 Å². The Kier molecular flexibility index (Phi) is 6.21. The van der Waals surface area contributed by atoms with Crippen molar-refractivity contribution >= 4 is 17.4 Å². The summed E-state index contributed by atoms with van der Waals surface area (Å²) < 4.78 is 0. The predicted octanol–water partition coefficient (Wildman–Crippen LogP) is 4.21. The van der Waals surface area contributed by atoms with Gasteiger partial charge in [-0.1, -0.05) is 31.9 Å². The van der Waals surface area contributed by atoms with Crippen LogP contribution in [0.4, 0.5) is 5.82 Å². The Morgan fingerprint density at radius 3 is 2.48 bits per heavy atom. The van der Waals surface area contributed by atoms with Crippen LogP contribution in [0.3, 0.4) is 0 Å². The van der Waals surface area contributed by atoms with E-state index >= 15 is 0 Å². The fourth-order valence-corrected chi connectivity index (χ4v) is 3.23. The average molecular weight is 360 g/mol. The van der Waals surface area contributed by atoms with Crippen LogP contribution in [-0.2, 0) is 0 Å².